The molecule has 2 amide bonds. The zero-order chi connectivity index (χ0) is 18.5. The molecule has 7 nitrogen and oxygen atoms in total. The van der Waals surface area contributed by atoms with E-state index in [1.165, 1.54) is 7.05 Å². The Hall–Kier alpha value is -2.30. The van der Waals surface area contributed by atoms with E-state index < -0.39 is 24.0 Å². The third-order valence-electron chi connectivity index (χ3n) is 4.13. The second-order valence-corrected chi connectivity index (χ2v) is 6.92. The van der Waals surface area contributed by atoms with Crippen LogP contribution in [0.2, 0.25) is 0 Å². The first-order chi connectivity index (χ1) is 11.6. The third kappa shape index (κ3) is 3.03. The summed E-state index contributed by atoms with van der Waals surface area (Å²) in [4.78, 5) is 38.8. The summed E-state index contributed by atoms with van der Waals surface area (Å²) in [7, 11) is 1.33. The third-order valence-corrected chi connectivity index (χ3v) is 5.48. The number of urea groups is 1. The number of carbonyl (C=O) groups is 1. The minimum atomic E-state index is -4.68. The van der Waals surface area contributed by atoms with Crippen LogP contribution in [-0.4, -0.2) is 39.3 Å². The van der Waals surface area contributed by atoms with Gasteiger partial charge in [-0.2, -0.15) is 13.2 Å². The van der Waals surface area contributed by atoms with Crippen LogP contribution in [0.4, 0.5) is 18.0 Å². The summed E-state index contributed by atoms with van der Waals surface area (Å²) in [5.41, 5.74) is -1.47. The number of hydrogen-bond acceptors (Lipinski definition) is 4. The maximum atomic E-state index is 12.7. The number of halogens is 3. The molecule has 0 radical (unpaired) electrons. The lowest BCUT2D eigenvalue weighted by Crippen LogP contribution is -2.42. The minimum Gasteiger partial charge on any atom is -0.336 e. The summed E-state index contributed by atoms with van der Waals surface area (Å²) in [5.74, 6) is 0. The zero-order valence-electron chi connectivity index (χ0n) is 13.4. The molecule has 25 heavy (non-hydrogen) atoms. The van der Waals surface area contributed by atoms with E-state index in [1.807, 2.05) is 0 Å². The van der Waals surface area contributed by atoms with Crippen molar-refractivity contribution in [3.8, 4) is 0 Å². The maximum Gasteiger partial charge on any atom is 0.406 e. The van der Waals surface area contributed by atoms with Crippen LogP contribution in [-0.2, 0) is 20.1 Å². The Morgan fingerprint density at radius 3 is 2.48 bits per heavy atom. The van der Waals surface area contributed by atoms with Crippen LogP contribution in [0, 0.1) is 6.92 Å². The minimum absolute atomic E-state index is 0.0888. The summed E-state index contributed by atoms with van der Waals surface area (Å²) in [6.45, 7) is 1.24. The molecule has 0 bridgehead atoms. The monoisotopic (exact) mass is 376 g/mol. The molecule has 1 fully saturated rings. The Labute approximate surface area is 143 Å². The number of aryl methyl sites for hydroxylation is 2. The number of rotatable bonds is 3. The molecule has 1 aliphatic rings. The fourth-order valence-corrected chi connectivity index (χ4v) is 4.09. The molecule has 1 saturated heterocycles. The van der Waals surface area contributed by atoms with Crippen molar-refractivity contribution in [3.63, 3.8) is 0 Å². The molecular formula is C14H15F3N4O3S. The summed E-state index contributed by atoms with van der Waals surface area (Å²) in [6, 6.07) is -0.236. The van der Waals surface area contributed by atoms with Gasteiger partial charge in [-0.1, -0.05) is 0 Å². The standard InChI is InChI=1S/C14H15F3N4O3S/c1-7-8(5-20-4-3-18-12(20)23)25-11-9(7)10(22)21(6-14(15,16)17)13(24)19(11)2/h3-6H2,1-2H3,(H,18,23). The Bertz CT molecular complexity index is 973. The first-order valence-corrected chi connectivity index (χ1v) is 8.23. The van der Waals surface area contributed by atoms with E-state index in [-0.39, 0.29) is 22.5 Å². The van der Waals surface area contributed by atoms with Crippen LogP contribution in [0.15, 0.2) is 9.59 Å². The smallest absolute Gasteiger partial charge is 0.336 e. The van der Waals surface area contributed by atoms with Gasteiger partial charge >= 0.3 is 17.9 Å². The number of thiophene rings is 1. The summed E-state index contributed by atoms with van der Waals surface area (Å²) in [6.07, 6.45) is -4.68. The highest BCUT2D eigenvalue weighted by Gasteiger charge is 2.31. The van der Waals surface area contributed by atoms with Crippen LogP contribution in [0.1, 0.15) is 10.4 Å². The van der Waals surface area contributed by atoms with E-state index in [0.717, 1.165) is 15.9 Å². The van der Waals surface area contributed by atoms with E-state index in [9.17, 15) is 27.6 Å². The van der Waals surface area contributed by atoms with E-state index in [2.05, 4.69) is 5.32 Å². The molecule has 1 N–H and O–H groups in total. The number of nitrogens with one attached hydrogen (secondary N) is 1. The first-order valence-electron chi connectivity index (χ1n) is 7.41. The van der Waals surface area contributed by atoms with Gasteiger partial charge in [0.1, 0.15) is 11.4 Å². The van der Waals surface area contributed by atoms with Gasteiger partial charge in [-0.3, -0.25) is 13.9 Å². The van der Waals surface area contributed by atoms with E-state index >= 15 is 0 Å². The number of nitrogens with zero attached hydrogens (tertiary/aromatic N) is 3. The molecule has 11 heteroatoms. The van der Waals surface area contributed by atoms with E-state index in [0.29, 0.717) is 28.4 Å². The van der Waals surface area contributed by atoms with Gasteiger partial charge in [-0.05, 0) is 12.5 Å². The van der Waals surface area contributed by atoms with Crippen molar-refractivity contribution in [2.24, 2.45) is 7.05 Å². The number of carbonyl (C=O) groups excluding carboxylic acids is 1. The second-order valence-electron chi connectivity index (χ2n) is 5.83. The van der Waals surface area contributed by atoms with Crippen LogP contribution in [0.25, 0.3) is 10.2 Å². The fraction of sp³-hybridized carbons (Fsp3) is 0.500. The number of amides is 2. The number of hydrogen-bond donors (Lipinski definition) is 1. The largest absolute Gasteiger partial charge is 0.406 e. The zero-order valence-corrected chi connectivity index (χ0v) is 14.3. The van der Waals surface area contributed by atoms with Crippen molar-refractivity contribution in [3.05, 3.63) is 31.3 Å². The molecule has 3 heterocycles. The highest BCUT2D eigenvalue weighted by atomic mass is 32.1. The van der Waals surface area contributed by atoms with Gasteiger partial charge in [0.2, 0.25) is 0 Å². The van der Waals surface area contributed by atoms with Gasteiger partial charge in [0.05, 0.1) is 11.9 Å². The van der Waals surface area contributed by atoms with Crippen LogP contribution < -0.4 is 16.6 Å². The van der Waals surface area contributed by atoms with Crippen molar-refractivity contribution >= 4 is 27.6 Å². The highest BCUT2D eigenvalue weighted by molar-refractivity contribution is 7.18. The van der Waals surface area contributed by atoms with Crippen molar-refractivity contribution in [1.82, 2.24) is 19.4 Å². The van der Waals surface area contributed by atoms with Gasteiger partial charge in [0.15, 0.2) is 0 Å². The van der Waals surface area contributed by atoms with Gasteiger partial charge in [0.25, 0.3) is 5.56 Å². The Kier molecular flexibility index (Phi) is 4.13. The molecule has 0 unspecified atom stereocenters. The molecule has 0 spiro atoms. The average Bonchev–Trinajstić information content (AvgIpc) is 3.06. The predicted molar refractivity (Wildman–Crippen MR) is 85.9 cm³/mol. The van der Waals surface area contributed by atoms with Crippen molar-refractivity contribution in [1.29, 1.82) is 0 Å². The lowest BCUT2D eigenvalue weighted by atomic mass is 10.2. The topological polar surface area (TPSA) is 76.3 Å². The first kappa shape index (κ1) is 17.5. The van der Waals surface area contributed by atoms with Gasteiger partial charge in [-0.25, -0.2) is 9.59 Å². The van der Waals surface area contributed by atoms with Gasteiger partial charge in [0, 0.05) is 25.0 Å². The Balaban J connectivity index is 2.16. The quantitative estimate of drug-likeness (QED) is 0.873. The molecule has 0 aromatic carbocycles. The normalized spacial score (nSPS) is 15.2. The maximum absolute atomic E-state index is 12.7. The van der Waals surface area contributed by atoms with Crippen LogP contribution in [0.3, 0.4) is 0 Å². The number of aromatic nitrogens is 2. The van der Waals surface area contributed by atoms with E-state index in [1.54, 1.807) is 11.8 Å². The Morgan fingerprint density at radius 1 is 1.24 bits per heavy atom. The SMILES string of the molecule is Cc1c(CN2CCNC2=O)sc2c1c(=O)n(CC(F)(F)F)c(=O)n2C. The summed E-state index contributed by atoms with van der Waals surface area (Å²) < 4.78 is 39.3. The summed E-state index contributed by atoms with van der Waals surface area (Å²) in [5, 5.41) is 2.74. The van der Waals surface area contributed by atoms with Crippen molar-refractivity contribution < 1.29 is 18.0 Å². The molecule has 0 atom stereocenters. The number of fused-ring (bicyclic) bond motifs is 1. The van der Waals surface area contributed by atoms with Gasteiger partial charge in [-0.15, -0.1) is 11.3 Å². The molecule has 2 aromatic heterocycles. The molecule has 0 saturated carbocycles. The Morgan fingerprint density at radius 2 is 1.92 bits per heavy atom. The predicted octanol–water partition coefficient (Wildman–Crippen LogP) is 1.16. The van der Waals surface area contributed by atoms with Gasteiger partial charge < -0.3 is 10.2 Å². The highest BCUT2D eigenvalue weighted by Crippen LogP contribution is 2.29. The molecule has 136 valence electrons. The fourth-order valence-electron chi connectivity index (χ4n) is 2.83. The summed E-state index contributed by atoms with van der Waals surface area (Å²) >= 11 is 1.14. The van der Waals surface area contributed by atoms with Crippen molar-refractivity contribution in [2.75, 3.05) is 13.1 Å². The molecular weight excluding hydrogens is 361 g/mol. The molecule has 1 aliphatic heterocycles. The number of alkyl halides is 3. The lowest BCUT2D eigenvalue weighted by molar-refractivity contribution is -0.141. The van der Waals surface area contributed by atoms with Crippen LogP contribution >= 0.6 is 11.3 Å². The molecule has 2 aromatic rings. The molecule has 0 aliphatic carbocycles. The van der Waals surface area contributed by atoms with Crippen molar-refractivity contribution in [2.45, 2.75) is 26.2 Å². The second kappa shape index (κ2) is 5.90. The molecule has 3 rings (SSSR count). The van der Waals surface area contributed by atoms with Crippen LogP contribution in [0.5, 0.6) is 0 Å². The lowest BCUT2D eigenvalue weighted by Gasteiger charge is -2.13. The van der Waals surface area contributed by atoms with E-state index in [4.69, 9.17) is 0 Å². The average molecular weight is 376 g/mol.